The van der Waals surface area contributed by atoms with Crippen molar-refractivity contribution in [2.24, 2.45) is 0 Å². The van der Waals surface area contributed by atoms with Gasteiger partial charge in [-0.3, -0.25) is 9.59 Å². The average molecular weight is 315 g/mol. The van der Waals surface area contributed by atoms with Gasteiger partial charge in [0.2, 0.25) is 0 Å². The summed E-state index contributed by atoms with van der Waals surface area (Å²) in [4.78, 5) is 37.6. The second kappa shape index (κ2) is 7.79. The standard InChI is InChI=1S/C16H17N3O4/c1-2-23-13(20)10-18-16(22)19-14-12(8-9-17-15(14)21)11-6-4-3-5-7-11/h3-9H,2,10H2,1H3,(H,17,21)(H2,18,19,22). The molecule has 0 radical (unpaired) electrons. The molecule has 0 aliphatic heterocycles. The third kappa shape index (κ3) is 4.44. The number of nitrogens with one attached hydrogen (secondary N) is 3. The molecule has 120 valence electrons. The lowest BCUT2D eigenvalue weighted by Gasteiger charge is -2.11. The molecule has 0 aliphatic carbocycles. The number of ether oxygens (including phenoxy) is 1. The molecule has 2 rings (SSSR count). The fourth-order valence-corrected chi connectivity index (χ4v) is 1.98. The first-order chi connectivity index (χ1) is 11.1. The average Bonchev–Trinajstić information content (AvgIpc) is 2.56. The van der Waals surface area contributed by atoms with Crippen molar-refractivity contribution in [1.82, 2.24) is 10.3 Å². The van der Waals surface area contributed by atoms with E-state index in [0.717, 1.165) is 5.56 Å². The fraction of sp³-hybridized carbons (Fsp3) is 0.188. The number of amides is 2. The molecule has 0 atom stereocenters. The summed E-state index contributed by atoms with van der Waals surface area (Å²) in [7, 11) is 0. The molecule has 0 aliphatic rings. The minimum absolute atomic E-state index is 0.111. The summed E-state index contributed by atoms with van der Waals surface area (Å²) in [5.41, 5.74) is 1.05. The molecular weight excluding hydrogens is 298 g/mol. The summed E-state index contributed by atoms with van der Waals surface area (Å²) < 4.78 is 4.71. The van der Waals surface area contributed by atoms with Gasteiger partial charge < -0.3 is 20.4 Å². The van der Waals surface area contributed by atoms with Crippen LogP contribution in [0.25, 0.3) is 11.1 Å². The number of aromatic nitrogens is 1. The van der Waals surface area contributed by atoms with Crippen molar-refractivity contribution in [3.63, 3.8) is 0 Å². The van der Waals surface area contributed by atoms with E-state index in [-0.39, 0.29) is 18.8 Å². The van der Waals surface area contributed by atoms with E-state index in [0.29, 0.717) is 5.56 Å². The highest BCUT2D eigenvalue weighted by molar-refractivity contribution is 5.95. The summed E-state index contributed by atoms with van der Waals surface area (Å²) in [5, 5.41) is 4.82. The fourth-order valence-electron chi connectivity index (χ4n) is 1.98. The van der Waals surface area contributed by atoms with Crippen molar-refractivity contribution in [2.45, 2.75) is 6.92 Å². The van der Waals surface area contributed by atoms with E-state index in [4.69, 9.17) is 4.74 Å². The molecular formula is C16H17N3O4. The second-order valence-corrected chi connectivity index (χ2v) is 4.57. The maximum absolute atomic E-state index is 12.0. The van der Waals surface area contributed by atoms with Crippen molar-refractivity contribution < 1.29 is 14.3 Å². The predicted molar refractivity (Wildman–Crippen MR) is 86.2 cm³/mol. The zero-order chi connectivity index (χ0) is 16.7. The van der Waals surface area contributed by atoms with Crippen molar-refractivity contribution in [3.05, 3.63) is 52.9 Å². The predicted octanol–water partition coefficient (Wildman–Crippen LogP) is 1.73. The van der Waals surface area contributed by atoms with Gasteiger partial charge >= 0.3 is 12.0 Å². The van der Waals surface area contributed by atoms with Crippen LogP contribution in [0.3, 0.4) is 0 Å². The summed E-state index contributed by atoms with van der Waals surface area (Å²) in [6, 6.07) is 10.2. The number of anilines is 1. The number of carbonyl (C=O) groups is 2. The van der Waals surface area contributed by atoms with Gasteiger partial charge in [-0.05, 0) is 18.6 Å². The molecule has 7 heteroatoms. The van der Waals surface area contributed by atoms with E-state index < -0.39 is 17.6 Å². The van der Waals surface area contributed by atoms with Crippen LogP contribution in [0, 0.1) is 0 Å². The third-order valence-electron chi connectivity index (χ3n) is 2.98. The number of pyridine rings is 1. The van der Waals surface area contributed by atoms with E-state index in [2.05, 4.69) is 15.6 Å². The number of rotatable bonds is 5. The summed E-state index contributed by atoms with van der Waals surface area (Å²) in [6.45, 7) is 1.64. The molecule has 1 aromatic carbocycles. The van der Waals surface area contributed by atoms with E-state index in [9.17, 15) is 14.4 Å². The number of benzene rings is 1. The molecule has 1 heterocycles. The number of hydrogen-bond acceptors (Lipinski definition) is 4. The van der Waals surface area contributed by atoms with Gasteiger partial charge in [-0.15, -0.1) is 0 Å². The van der Waals surface area contributed by atoms with Crippen molar-refractivity contribution in [2.75, 3.05) is 18.5 Å². The van der Waals surface area contributed by atoms with Crippen LogP contribution in [0.4, 0.5) is 10.5 Å². The highest BCUT2D eigenvalue weighted by atomic mass is 16.5. The van der Waals surface area contributed by atoms with Crippen LogP contribution in [0.1, 0.15) is 6.92 Å². The summed E-state index contributed by atoms with van der Waals surface area (Å²) in [5.74, 6) is -0.548. The van der Waals surface area contributed by atoms with Gasteiger partial charge in [0.05, 0.1) is 6.61 Å². The first-order valence-corrected chi connectivity index (χ1v) is 7.09. The van der Waals surface area contributed by atoms with Gasteiger partial charge in [-0.1, -0.05) is 30.3 Å². The molecule has 7 nitrogen and oxygen atoms in total. The van der Waals surface area contributed by atoms with E-state index in [1.54, 1.807) is 13.0 Å². The minimum Gasteiger partial charge on any atom is -0.465 e. The molecule has 3 N–H and O–H groups in total. The van der Waals surface area contributed by atoms with Crippen molar-refractivity contribution >= 4 is 17.7 Å². The lowest BCUT2D eigenvalue weighted by Crippen LogP contribution is -2.35. The van der Waals surface area contributed by atoms with Gasteiger partial charge in [0.25, 0.3) is 5.56 Å². The largest absolute Gasteiger partial charge is 0.465 e. The number of hydrogen-bond donors (Lipinski definition) is 3. The second-order valence-electron chi connectivity index (χ2n) is 4.57. The van der Waals surface area contributed by atoms with Gasteiger partial charge in [0.15, 0.2) is 0 Å². The smallest absolute Gasteiger partial charge is 0.325 e. The molecule has 0 unspecified atom stereocenters. The molecule has 2 amide bonds. The molecule has 0 spiro atoms. The summed E-state index contributed by atoms with van der Waals surface area (Å²) >= 11 is 0. The van der Waals surface area contributed by atoms with Crippen LogP contribution in [0.15, 0.2) is 47.4 Å². The molecule has 23 heavy (non-hydrogen) atoms. The van der Waals surface area contributed by atoms with Crippen LogP contribution in [0.2, 0.25) is 0 Å². The van der Waals surface area contributed by atoms with Crippen LogP contribution < -0.4 is 16.2 Å². The Labute approximate surface area is 132 Å². The molecule has 1 aromatic heterocycles. The maximum Gasteiger partial charge on any atom is 0.325 e. The molecule has 0 saturated carbocycles. The van der Waals surface area contributed by atoms with Crippen molar-refractivity contribution in [3.8, 4) is 11.1 Å². The van der Waals surface area contributed by atoms with Gasteiger partial charge in [-0.2, -0.15) is 0 Å². The van der Waals surface area contributed by atoms with Crippen LogP contribution >= 0.6 is 0 Å². The van der Waals surface area contributed by atoms with E-state index in [1.807, 2.05) is 30.3 Å². The Hall–Kier alpha value is -3.09. The van der Waals surface area contributed by atoms with E-state index >= 15 is 0 Å². The Morgan fingerprint density at radius 3 is 2.61 bits per heavy atom. The zero-order valence-electron chi connectivity index (χ0n) is 12.6. The minimum atomic E-state index is -0.660. The lowest BCUT2D eigenvalue weighted by atomic mass is 10.1. The van der Waals surface area contributed by atoms with Gasteiger partial charge in [0.1, 0.15) is 12.2 Å². The third-order valence-corrected chi connectivity index (χ3v) is 2.98. The lowest BCUT2D eigenvalue weighted by molar-refractivity contribution is -0.141. The number of H-pyrrole nitrogens is 1. The highest BCUT2D eigenvalue weighted by Crippen LogP contribution is 2.23. The molecule has 0 bridgehead atoms. The SMILES string of the molecule is CCOC(=O)CNC(=O)Nc1c(-c2ccccc2)cc[nH]c1=O. The van der Waals surface area contributed by atoms with Crippen LogP contribution in [0.5, 0.6) is 0 Å². The Kier molecular flexibility index (Phi) is 5.51. The molecule has 0 saturated heterocycles. The molecule has 0 fully saturated rings. The summed E-state index contributed by atoms with van der Waals surface area (Å²) in [6.07, 6.45) is 1.51. The van der Waals surface area contributed by atoms with Gasteiger partial charge in [0, 0.05) is 11.8 Å². The van der Waals surface area contributed by atoms with Gasteiger partial charge in [-0.25, -0.2) is 4.79 Å². The maximum atomic E-state index is 12.0. The molecule has 2 aromatic rings. The number of esters is 1. The number of carbonyl (C=O) groups excluding carboxylic acids is 2. The Morgan fingerprint density at radius 2 is 1.91 bits per heavy atom. The van der Waals surface area contributed by atoms with Crippen LogP contribution in [-0.2, 0) is 9.53 Å². The zero-order valence-corrected chi connectivity index (χ0v) is 12.6. The normalized spacial score (nSPS) is 9.96. The quantitative estimate of drug-likeness (QED) is 0.731. The number of urea groups is 1. The topological polar surface area (TPSA) is 100 Å². The Morgan fingerprint density at radius 1 is 1.17 bits per heavy atom. The highest BCUT2D eigenvalue weighted by Gasteiger charge is 2.13. The first kappa shape index (κ1) is 16.3. The number of aromatic amines is 1. The van der Waals surface area contributed by atoms with Crippen molar-refractivity contribution in [1.29, 1.82) is 0 Å². The first-order valence-electron chi connectivity index (χ1n) is 7.09. The monoisotopic (exact) mass is 315 g/mol. The van der Waals surface area contributed by atoms with E-state index in [1.165, 1.54) is 6.20 Å². The Balaban J connectivity index is 2.15. The Bertz CT molecular complexity index is 740. The van der Waals surface area contributed by atoms with Crippen LogP contribution in [-0.4, -0.2) is 30.1 Å².